The summed E-state index contributed by atoms with van der Waals surface area (Å²) in [6.45, 7) is 14.7. The molecule has 0 N–H and O–H groups in total. The number of aldehydes is 1. The summed E-state index contributed by atoms with van der Waals surface area (Å²) in [5.74, 6) is 0.504. The van der Waals surface area contributed by atoms with Crippen LogP contribution in [0.15, 0.2) is 66.2 Å². The normalized spacial score (nSPS) is 16.8. The number of benzene rings is 2. The van der Waals surface area contributed by atoms with Gasteiger partial charge in [-0.15, -0.1) is 0 Å². The second-order valence-corrected chi connectivity index (χ2v) is 11.4. The number of carbonyl (C=O) groups is 1. The minimum atomic E-state index is -0.431. The number of ether oxygens (including phenoxy) is 2. The van der Waals surface area contributed by atoms with Crippen molar-refractivity contribution in [2.45, 2.75) is 78.9 Å². The average Bonchev–Trinajstić information content (AvgIpc) is 3.02. The zero-order valence-corrected chi connectivity index (χ0v) is 26.8. The molecule has 0 bridgehead atoms. The maximum absolute atomic E-state index is 14.0. The van der Waals surface area contributed by atoms with Crippen molar-refractivity contribution in [3.8, 4) is 11.9 Å². The van der Waals surface area contributed by atoms with E-state index in [4.69, 9.17) is 14.7 Å². The second-order valence-electron chi connectivity index (χ2n) is 11.4. The van der Waals surface area contributed by atoms with Crippen molar-refractivity contribution in [1.29, 1.82) is 5.26 Å². The summed E-state index contributed by atoms with van der Waals surface area (Å²) < 4.78 is 24.8. The Kier molecular flexibility index (Phi) is 14.2. The van der Waals surface area contributed by atoms with Crippen molar-refractivity contribution in [1.82, 2.24) is 9.88 Å². The van der Waals surface area contributed by atoms with Crippen LogP contribution in [0.2, 0.25) is 0 Å². The monoisotopic (exact) mass is 599 g/mol. The molecule has 2 fully saturated rings. The van der Waals surface area contributed by atoms with E-state index < -0.39 is 5.82 Å². The number of hydrogen-bond donors (Lipinski definition) is 0. The standard InChI is InChI=1S/C23H26FN3O.C9H10O.C5H10O/c1-3-17(2)15-27-11-9-19(10-12-27)22-5-4-6-23(26-22)28-16-20-8-7-18(14-25)13-21(20)24;1-7-3-4-9(6-10)5-8(7)2;1-2-5-3-4-6-5/h3-8,13,19H,9-12,15-16H2,1-2H3;3-6H,1-2H3;5H,2-4H2,1H3. The SMILES string of the molecule is CC=C(C)CN1CCC(c2cccc(OCc3ccc(C#N)cc3F)n2)CC1.CCC1CCO1.Cc1ccc(C=O)cc1C. The van der Waals surface area contributed by atoms with E-state index in [0.717, 1.165) is 56.6 Å². The number of halogens is 1. The summed E-state index contributed by atoms with van der Waals surface area (Å²) in [6.07, 6.45) is 8.30. The van der Waals surface area contributed by atoms with E-state index in [1.54, 1.807) is 18.2 Å². The molecule has 0 spiro atoms. The summed E-state index contributed by atoms with van der Waals surface area (Å²) in [5, 5.41) is 8.82. The highest BCUT2D eigenvalue weighted by Crippen LogP contribution is 2.28. The van der Waals surface area contributed by atoms with E-state index in [1.807, 2.05) is 50.2 Å². The minimum Gasteiger partial charge on any atom is -0.473 e. The lowest BCUT2D eigenvalue weighted by Gasteiger charge is -2.32. The van der Waals surface area contributed by atoms with Crippen LogP contribution in [0.3, 0.4) is 0 Å². The number of aryl methyl sites for hydroxylation is 2. The zero-order valence-electron chi connectivity index (χ0n) is 26.8. The molecule has 0 saturated carbocycles. The first kappa shape index (κ1) is 34.6. The number of nitrogens with zero attached hydrogens (tertiary/aromatic N) is 3. The van der Waals surface area contributed by atoms with Crippen LogP contribution in [0.1, 0.15) is 90.7 Å². The van der Waals surface area contributed by atoms with Crippen LogP contribution in [0.25, 0.3) is 0 Å². The smallest absolute Gasteiger partial charge is 0.213 e. The molecular weight excluding hydrogens is 553 g/mol. The van der Waals surface area contributed by atoms with Crippen molar-refractivity contribution >= 4 is 6.29 Å². The van der Waals surface area contributed by atoms with Crippen LogP contribution in [-0.2, 0) is 11.3 Å². The summed E-state index contributed by atoms with van der Waals surface area (Å²) in [6, 6.07) is 17.8. The molecule has 44 heavy (non-hydrogen) atoms. The number of nitriles is 1. The molecule has 6 nitrogen and oxygen atoms in total. The predicted molar refractivity (Wildman–Crippen MR) is 173 cm³/mol. The fourth-order valence-corrected chi connectivity index (χ4v) is 4.90. The lowest BCUT2D eigenvalue weighted by molar-refractivity contribution is -0.0516. The number of aromatic nitrogens is 1. The summed E-state index contributed by atoms with van der Waals surface area (Å²) in [7, 11) is 0. The molecule has 1 atom stereocenters. The van der Waals surface area contributed by atoms with Gasteiger partial charge in [0.25, 0.3) is 0 Å². The molecule has 3 aromatic rings. The number of pyridine rings is 1. The van der Waals surface area contributed by atoms with Crippen molar-refractivity contribution < 1.29 is 18.7 Å². The van der Waals surface area contributed by atoms with Gasteiger partial charge in [0.2, 0.25) is 5.88 Å². The van der Waals surface area contributed by atoms with E-state index in [-0.39, 0.29) is 6.61 Å². The summed E-state index contributed by atoms with van der Waals surface area (Å²) in [5.41, 5.74) is 6.32. The Morgan fingerprint density at radius 3 is 2.41 bits per heavy atom. The number of allylic oxidation sites excluding steroid dienone is 1. The molecule has 1 unspecified atom stereocenters. The van der Waals surface area contributed by atoms with E-state index >= 15 is 0 Å². The second kappa shape index (κ2) is 18.1. The number of carbonyl (C=O) groups excluding carboxylic acids is 1. The van der Waals surface area contributed by atoms with Gasteiger partial charge in [-0.3, -0.25) is 9.69 Å². The maximum Gasteiger partial charge on any atom is 0.213 e. The first-order valence-electron chi connectivity index (χ1n) is 15.5. The molecule has 234 valence electrons. The Balaban J connectivity index is 0.000000268. The van der Waals surface area contributed by atoms with Gasteiger partial charge in [-0.1, -0.05) is 42.8 Å². The van der Waals surface area contributed by atoms with E-state index in [9.17, 15) is 9.18 Å². The lowest BCUT2D eigenvalue weighted by Crippen LogP contribution is -2.34. The van der Waals surface area contributed by atoms with Crippen molar-refractivity contribution in [3.63, 3.8) is 0 Å². The van der Waals surface area contributed by atoms with Gasteiger partial charge >= 0.3 is 0 Å². The molecule has 2 aromatic carbocycles. The Morgan fingerprint density at radius 2 is 1.86 bits per heavy atom. The molecule has 2 aliphatic heterocycles. The molecule has 0 radical (unpaired) electrons. The van der Waals surface area contributed by atoms with Crippen LogP contribution in [0, 0.1) is 31.0 Å². The van der Waals surface area contributed by atoms with Crippen molar-refractivity contribution in [2.75, 3.05) is 26.2 Å². The molecular formula is C37H46FN3O3. The molecule has 0 amide bonds. The van der Waals surface area contributed by atoms with Crippen molar-refractivity contribution in [2.24, 2.45) is 0 Å². The van der Waals surface area contributed by atoms with E-state index in [2.05, 4.69) is 36.7 Å². The lowest BCUT2D eigenvalue weighted by atomic mass is 9.93. The Bertz CT molecular complexity index is 1420. The van der Waals surface area contributed by atoms with Gasteiger partial charge in [0.05, 0.1) is 17.7 Å². The zero-order chi connectivity index (χ0) is 31.9. The first-order valence-corrected chi connectivity index (χ1v) is 15.5. The van der Waals surface area contributed by atoms with Crippen LogP contribution in [-0.4, -0.2) is 48.5 Å². The quantitative estimate of drug-likeness (QED) is 0.192. The fraction of sp³-hybridized carbons (Fsp3) is 0.432. The summed E-state index contributed by atoms with van der Waals surface area (Å²) >= 11 is 0. The molecule has 5 rings (SSSR count). The van der Waals surface area contributed by atoms with Gasteiger partial charge in [0, 0.05) is 42.0 Å². The van der Waals surface area contributed by atoms with Crippen LogP contribution >= 0.6 is 0 Å². The third-order valence-electron chi connectivity index (χ3n) is 8.19. The third kappa shape index (κ3) is 11.0. The molecule has 1 aromatic heterocycles. The minimum absolute atomic E-state index is 0.0923. The third-order valence-corrected chi connectivity index (χ3v) is 8.19. The largest absolute Gasteiger partial charge is 0.473 e. The van der Waals surface area contributed by atoms with Gasteiger partial charge in [-0.25, -0.2) is 9.37 Å². The van der Waals surface area contributed by atoms with Gasteiger partial charge in [0.15, 0.2) is 0 Å². The highest BCUT2D eigenvalue weighted by Gasteiger charge is 2.22. The van der Waals surface area contributed by atoms with Gasteiger partial charge in [-0.2, -0.15) is 5.26 Å². The average molecular weight is 600 g/mol. The molecule has 3 heterocycles. The number of rotatable bonds is 8. The molecule has 2 saturated heterocycles. The summed E-state index contributed by atoms with van der Waals surface area (Å²) in [4.78, 5) is 17.4. The van der Waals surface area contributed by atoms with Gasteiger partial charge < -0.3 is 9.47 Å². The topological polar surface area (TPSA) is 75.4 Å². The highest BCUT2D eigenvalue weighted by molar-refractivity contribution is 5.75. The number of hydrogen-bond acceptors (Lipinski definition) is 6. The van der Waals surface area contributed by atoms with Crippen LogP contribution in [0.4, 0.5) is 4.39 Å². The number of likely N-dealkylation sites (tertiary alicyclic amines) is 1. The van der Waals surface area contributed by atoms with E-state index in [1.165, 1.54) is 35.6 Å². The predicted octanol–water partition coefficient (Wildman–Crippen LogP) is 8.12. The Morgan fingerprint density at radius 1 is 1.11 bits per heavy atom. The first-order chi connectivity index (χ1) is 21.3. The van der Waals surface area contributed by atoms with Crippen LogP contribution in [0.5, 0.6) is 5.88 Å². The Hall–Kier alpha value is -3.86. The maximum atomic E-state index is 14.0. The highest BCUT2D eigenvalue weighted by atomic mass is 19.1. The van der Waals surface area contributed by atoms with Gasteiger partial charge in [0.1, 0.15) is 18.7 Å². The molecule has 2 aliphatic rings. The molecule has 7 heteroatoms. The van der Waals surface area contributed by atoms with Gasteiger partial charge in [-0.05, 0) is 102 Å². The van der Waals surface area contributed by atoms with Crippen LogP contribution < -0.4 is 4.74 Å². The fourth-order valence-electron chi connectivity index (χ4n) is 4.90. The van der Waals surface area contributed by atoms with Crippen molar-refractivity contribution in [3.05, 3.63) is 106 Å². The van der Waals surface area contributed by atoms with E-state index in [0.29, 0.717) is 29.0 Å². The Labute approximate surface area is 262 Å². The molecule has 0 aliphatic carbocycles. The number of piperidine rings is 1.